The summed E-state index contributed by atoms with van der Waals surface area (Å²) in [5.74, 6) is -0.808. The number of hydrogen-bond acceptors (Lipinski definition) is 4. The Morgan fingerprint density at radius 1 is 1.09 bits per heavy atom. The van der Waals surface area contributed by atoms with E-state index in [-0.39, 0.29) is 11.6 Å². The Labute approximate surface area is 183 Å². The van der Waals surface area contributed by atoms with Gasteiger partial charge in [-0.05, 0) is 37.1 Å². The molecule has 168 valence electrons. The molecule has 3 rings (SSSR count). The van der Waals surface area contributed by atoms with Crippen molar-refractivity contribution in [3.05, 3.63) is 76.5 Å². The summed E-state index contributed by atoms with van der Waals surface area (Å²) in [6.07, 6.45) is -3.57. The van der Waals surface area contributed by atoms with Gasteiger partial charge in [0.05, 0.1) is 6.04 Å². The van der Waals surface area contributed by atoms with Crippen LogP contribution in [-0.2, 0) is 7.05 Å². The van der Waals surface area contributed by atoms with Gasteiger partial charge in [0, 0.05) is 12.6 Å². The van der Waals surface area contributed by atoms with E-state index in [2.05, 4.69) is 10.4 Å². The summed E-state index contributed by atoms with van der Waals surface area (Å²) in [5.41, 5.74) is 0.367. The SMILES string of the molecule is CC(F)c1cccc(Oc2c(C(=O)N[C@@H](C)c3ccc(C=O)cc3)c(C(F)F)nn2C)c1. The fraction of sp³-hybridized carbons (Fsp3) is 0.261. The smallest absolute Gasteiger partial charge is 0.283 e. The average Bonchev–Trinajstić information content (AvgIpc) is 3.10. The molecule has 0 bridgehead atoms. The van der Waals surface area contributed by atoms with Crippen molar-refractivity contribution in [1.29, 1.82) is 0 Å². The minimum atomic E-state index is -3.02. The Kier molecular flexibility index (Phi) is 6.97. The predicted octanol–water partition coefficient (Wildman–Crippen LogP) is 5.48. The van der Waals surface area contributed by atoms with Crippen molar-refractivity contribution < 1.29 is 27.5 Å². The highest BCUT2D eigenvalue weighted by atomic mass is 19.3. The maximum atomic E-state index is 13.6. The van der Waals surface area contributed by atoms with E-state index in [1.54, 1.807) is 43.3 Å². The standard InChI is InChI=1S/C23H22F3N3O3/c1-13(24)17-5-4-6-18(11-17)32-23-19(20(21(25)26)28-29(23)3)22(31)27-14(2)16-9-7-15(12-30)8-10-16/h4-14,21H,1-3H3,(H,27,31)/t13?,14-/m0/s1. The third kappa shape index (κ3) is 4.99. The van der Waals surface area contributed by atoms with Crippen molar-refractivity contribution in [3.8, 4) is 11.6 Å². The van der Waals surface area contributed by atoms with E-state index in [1.165, 1.54) is 26.1 Å². The molecule has 1 N–H and O–H groups in total. The molecule has 9 heteroatoms. The molecule has 1 unspecified atom stereocenters. The molecule has 0 spiro atoms. The highest BCUT2D eigenvalue weighted by Gasteiger charge is 2.30. The minimum Gasteiger partial charge on any atom is -0.438 e. The van der Waals surface area contributed by atoms with Gasteiger partial charge in [-0.1, -0.05) is 36.4 Å². The number of alkyl halides is 3. The van der Waals surface area contributed by atoms with Crippen molar-refractivity contribution in [2.75, 3.05) is 0 Å². The molecule has 1 amide bonds. The number of amides is 1. The first kappa shape index (κ1) is 23.1. The summed E-state index contributed by atoms with van der Waals surface area (Å²) in [6.45, 7) is 3.04. The van der Waals surface area contributed by atoms with E-state index in [4.69, 9.17) is 4.74 Å². The lowest BCUT2D eigenvalue weighted by atomic mass is 10.1. The quantitative estimate of drug-likeness (QED) is 0.466. The maximum absolute atomic E-state index is 13.6. The molecule has 2 atom stereocenters. The van der Waals surface area contributed by atoms with Crippen molar-refractivity contribution in [2.45, 2.75) is 32.5 Å². The Hall–Kier alpha value is -3.62. The van der Waals surface area contributed by atoms with Crippen molar-refractivity contribution in [1.82, 2.24) is 15.1 Å². The van der Waals surface area contributed by atoms with Crippen LogP contribution in [0.3, 0.4) is 0 Å². The molecule has 1 heterocycles. The molecule has 0 aliphatic carbocycles. The van der Waals surface area contributed by atoms with Gasteiger partial charge in [0.1, 0.15) is 29.5 Å². The summed E-state index contributed by atoms with van der Waals surface area (Å²) in [5, 5.41) is 6.42. The predicted molar refractivity (Wildman–Crippen MR) is 112 cm³/mol. The molecular formula is C23H22F3N3O3. The Morgan fingerprint density at radius 2 is 1.78 bits per heavy atom. The Balaban J connectivity index is 1.92. The Bertz CT molecular complexity index is 1110. The van der Waals surface area contributed by atoms with Crippen LogP contribution in [0.25, 0.3) is 0 Å². The van der Waals surface area contributed by atoms with E-state index in [1.807, 2.05) is 0 Å². The lowest BCUT2D eigenvalue weighted by molar-refractivity contribution is 0.0922. The van der Waals surface area contributed by atoms with Crippen LogP contribution in [0.4, 0.5) is 13.2 Å². The highest BCUT2D eigenvalue weighted by Crippen LogP contribution is 2.33. The van der Waals surface area contributed by atoms with Gasteiger partial charge in [0.25, 0.3) is 12.3 Å². The molecule has 0 radical (unpaired) electrons. The van der Waals surface area contributed by atoms with E-state index in [9.17, 15) is 22.8 Å². The summed E-state index contributed by atoms with van der Waals surface area (Å²) < 4.78 is 47.7. The van der Waals surface area contributed by atoms with Gasteiger partial charge in [-0.3, -0.25) is 9.59 Å². The number of aldehydes is 1. The lowest BCUT2D eigenvalue weighted by Gasteiger charge is -2.16. The first-order valence-corrected chi connectivity index (χ1v) is 9.84. The second-order valence-corrected chi connectivity index (χ2v) is 7.26. The van der Waals surface area contributed by atoms with E-state index in [0.717, 1.165) is 4.68 Å². The molecule has 0 aliphatic heterocycles. The van der Waals surface area contributed by atoms with Gasteiger partial charge < -0.3 is 10.1 Å². The second-order valence-electron chi connectivity index (χ2n) is 7.26. The zero-order valence-corrected chi connectivity index (χ0v) is 17.7. The van der Waals surface area contributed by atoms with Gasteiger partial charge >= 0.3 is 0 Å². The van der Waals surface area contributed by atoms with Crippen LogP contribution < -0.4 is 10.1 Å². The van der Waals surface area contributed by atoms with E-state index in [0.29, 0.717) is 23.0 Å². The van der Waals surface area contributed by atoms with Crippen LogP contribution in [0.1, 0.15) is 70.0 Å². The second kappa shape index (κ2) is 9.67. The van der Waals surface area contributed by atoms with Crippen molar-refractivity contribution in [3.63, 3.8) is 0 Å². The summed E-state index contributed by atoms with van der Waals surface area (Å²) in [4.78, 5) is 23.8. The molecule has 3 aromatic rings. The van der Waals surface area contributed by atoms with Gasteiger partial charge in [-0.2, -0.15) is 5.10 Å². The van der Waals surface area contributed by atoms with Gasteiger partial charge in [0.2, 0.25) is 5.88 Å². The highest BCUT2D eigenvalue weighted by molar-refractivity contribution is 5.98. The molecule has 0 aliphatic rings. The zero-order chi connectivity index (χ0) is 23.4. The third-order valence-electron chi connectivity index (χ3n) is 4.91. The van der Waals surface area contributed by atoms with Gasteiger partial charge in [-0.15, -0.1) is 0 Å². The number of aryl methyl sites for hydroxylation is 1. The molecule has 2 aromatic carbocycles. The van der Waals surface area contributed by atoms with Crippen molar-refractivity contribution >= 4 is 12.2 Å². The van der Waals surface area contributed by atoms with Crippen LogP contribution in [-0.4, -0.2) is 22.0 Å². The van der Waals surface area contributed by atoms with Gasteiger partial charge in [0.15, 0.2) is 0 Å². The molecule has 6 nitrogen and oxygen atoms in total. The van der Waals surface area contributed by atoms with E-state index >= 15 is 0 Å². The number of aromatic nitrogens is 2. The zero-order valence-electron chi connectivity index (χ0n) is 17.7. The maximum Gasteiger partial charge on any atom is 0.283 e. The minimum absolute atomic E-state index is 0.183. The fourth-order valence-corrected chi connectivity index (χ4v) is 3.16. The molecule has 1 aromatic heterocycles. The molecular weight excluding hydrogens is 423 g/mol. The van der Waals surface area contributed by atoms with Crippen LogP contribution >= 0.6 is 0 Å². The van der Waals surface area contributed by atoms with Crippen LogP contribution in [0.5, 0.6) is 11.6 Å². The number of benzene rings is 2. The largest absolute Gasteiger partial charge is 0.438 e. The number of ether oxygens (including phenoxy) is 1. The Morgan fingerprint density at radius 3 is 2.38 bits per heavy atom. The number of nitrogens with one attached hydrogen (secondary N) is 1. The number of nitrogens with zero attached hydrogens (tertiary/aromatic N) is 2. The van der Waals surface area contributed by atoms with Crippen LogP contribution in [0.2, 0.25) is 0 Å². The van der Waals surface area contributed by atoms with Crippen molar-refractivity contribution in [2.24, 2.45) is 7.05 Å². The topological polar surface area (TPSA) is 73.2 Å². The monoisotopic (exact) mass is 445 g/mol. The number of carbonyl (C=O) groups excluding carboxylic acids is 2. The fourth-order valence-electron chi connectivity index (χ4n) is 3.16. The van der Waals surface area contributed by atoms with Crippen LogP contribution in [0.15, 0.2) is 48.5 Å². The normalized spacial score (nSPS) is 13.0. The van der Waals surface area contributed by atoms with Gasteiger partial charge in [-0.25, -0.2) is 17.9 Å². The first-order valence-electron chi connectivity index (χ1n) is 9.84. The first-order chi connectivity index (χ1) is 15.2. The number of hydrogen-bond donors (Lipinski definition) is 1. The molecule has 0 saturated heterocycles. The number of rotatable bonds is 8. The number of halogens is 3. The average molecular weight is 445 g/mol. The third-order valence-corrected chi connectivity index (χ3v) is 4.91. The molecule has 0 fully saturated rings. The molecule has 0 saturated carbocycles. The van der Waals surface area contributed by atoms with E-state index < -0.39 is 35.8 Å². The summed E-state index contributed by atoms with van der Waals surface area (Å²) in [7, 11) is 1.38. The van der Waals surface area contributed by atoms with Crippen LogP contribution in [0, 0.1) is 0 Å². The number of carbonyl (C=O) groups is 2. The summed E-state index contributed by atoms with van der Waals surface area (Å²) >= 11 is 0. The summed E-state index contributed by atoms with van der Waals surface area (Å²) in [6, 6.07) is 12.0. The molecule has 32 heavy (non-hydrogen) atoms. The lowest BCUT2D eigenvalue weighted by Crippen LogP contribution is -2.27.